The van der Waals surface area contributed by atoms with Crippen LogP contribution in [0.4, 0.5) is 0 Å². The summed E-state index contributed by atoms with van der Waals surface area (Å²) in [6.07, 6.45) is 1.26. The zero-order valence-electron chi connectivity index (χ0n) is 20.8. The number of ether oxygens (including phenoxy) is 3. The number of likely N-dealkylation sites (tertiary alicyclic amines) is 1. The number of aromatic nitrogens is 2. The van der Waals surface area contributed by atoms with Crippen molar-refractivity contribution in [3.05, 3.63) is 47.5 Å². The molecule has 0 unspecified atom stereocenters. The first kappa shape index (κ1) is 24.3. The molecule has 2 atom stereocenters. The monoisotopic (exact) mass is 493 g/mol. The van der Waals surface area contributed by atoms with E-state index in [1.807, 2.05) is 44.2 Å². The number of benzene rings is 2. The van der Waals surface area contributed by atoms with Crippen LogP contribution in [-0.4, -0.2) is 65.6 Å². The predicted molar refractivity (Wildman–Crippen MR) is 132 cm³/mol. The second-order valence-corrected chi connectivity index (χ2v) is 9.39. The van der Waals surface area contributed by atoms with Crippen LogP contribution < -0.4 is 9.47 Å². The first-order valence-electron chi connectivity index (χ1n) is 12.3. The van der Waals surface area contributed by atoms with E-state index in [9.17, 15) is 9.90 Å². The van der Waals surface area contributed by atoms with Gasteiger partial charge in [0.15, 0.2) is 11.5 Å². The maximum atomic E-state index is 12.4. The summed E-state index contributed by atoms with van der Waals surface area (Å²) in [7, 11) is 1.63. The normalized spacial score (nSPS) is 18.6. The van der Waals surface area contributed by atoms with Gasteiger partial charge in [-0.2, -0.15) is 4.98 Å². The highest BCUT2D eigenvalue weighted by Gasteiger charge is 2.46. The Bertz CT molecular complexity index is 1240. The van der Waals surface area contributed by atoms with Crippen molar-refractivity contribution < 1.29 is 28.6 Å². The molecule has 0 bridgehead atoms. The van der Waals surface area contributed by atoms with E-state index >= 15 is 0 Å². The quantitative estimate of drug-likeness (QED) is 0.427. The van der Waals surface area contributed by atoms with Crippen LogP contribution in [0, 0.1) is 5.92 Å². The third-order valence-electron chi connectivity index (χ3n) is 6.64. The van der Waals surface area contributed by atoms with Crippen LogP contribution in [0.5, 0.6) is 11.5 Å². The summed E-state index contributed by atoms with van der Waals surface area (Å²) in [5.74, 6) is 2.41. The average Bonchev–Trinajstić information content (AvgIpc) is 3.55. The van der Waals surface area contributed by atoms with Crippen molar-refractivity contribution >= 4 is 5.91 Å². The molecule has 1 saturated heterocycles. The Hall–Kier alpha value is -3.43. The van der Waals surface area contributed by atoms with E-state index in [1.54, 1.807) is 12.0 Å². The third kappa shape index (κ3) is 4.56. The van der Waals surface area contributed by atoms with E-state index in [4.69, 9.17) is 23.7 Å². The maximum absolute atomic E-state index is 12.4. The fourth-order valence-electron chi connectivity index (χ4n) is 5.21. The molecule has 1 amide bonds. The lowest BCUT2D eigenvalue weighted by Crippen LogP contribution is -2.30. The van der Waals surface area contributed by atoms with Crippen molar-refractivity contribution in [2.75, 3.05) is 33.5 Å². The molecule has 2 heterocycles. The smallest absolute Gasteiger partial charge is 0.258 e. The number of hydrogen-bond acceptors (Lipinski definition) is 8. The van der Waals surface area contributed by atoms with Crippen LogP contribution in [0.2, 0.25) is 0 Å². The molecular weight excluding hydrogens is 462 g/mol. The van der Waals surface area contributed by atoms with Crippen LogP contribution in [0.15, 0.2) is 40.9 Å². The van der Waals surface area contributed by atoms with Gasteiger partial charge in [0.2, 0.25) is 11.7 Å². The molecule has 0 spiro atoms. The molecule has 5 rings (SSSR count). The number of amides is 1. The number of rotatable bonds is 10. The molecule has 1 aromatic heterocycles. The van der Waals surface area contributed by atoms with Gasteiger partial charge < -0.3 is 28.7 Å². The average molecular weight is 494 g/mol. The van der Waals surface area contributed by atoms with Crippen LogP contribution >= 0.6 is 0 Å². The van der Waals surface area contributed by atoms with Gasteiger partial charge in [0.1, 0.15) is 6.61 Å². The number of fused-ring (bicyclic) bond motifs is 3. The summed E-state index contributed by atoms with van der Waals surface area (Å²) >= 11 is 0. The summed E-state index contributed by atoms with van der Waals surface area (Å²) in [5.41, 5.74) is 3.87. The lowest BCUT2D eigenvalue weighted by atomic mass is 10.0. The number of β-amino-alcohol motifs (C(OH)–C–C–N with tert-alkyl or cyclic N) is 1. The Morgan fingerprint density at radius 3 is 2.81 bits per heavy atom. The second kappa shape index (κ2) is 10.3. The zero-order valence-corrected chi connectivity index (χ0v) is 20.8. The summed E-state index contributed by atoms with van der Waals surface area (Å²) in [4.78, 5) is 18.9. The minimum absolute atomic E-state index is 0.00102. The second-order valence-electron chi connectivity index (χ2n) is 9.39. The van der Waals surface area contributed by atoms with E-state index in [-0.39, 0.29) is 30.6 Å². The fourth-order valence-corrected chi connectivity index (χ4v) is 5.21. The van der Waals surface area contributed by atoms with E-state index < -0.39 is 0 Å². The fraction of sp³-hybridized carbons (Fsp3) is 0.444. The number of carbonyl (C=O) groups is 1. The van der Waals surface area contributed by atoms with Crippen LogP contribution in [0.3, 0.4) is 0 Å². The molecule has 1 N–H and O–H groups in total. The SMILES string of the molecule is COCCOc1cc(-c2nc(-c3cccc4c3C[C@@H]3CC(=O)N(CCO)[C@H]43)no2)ccc1OC(C)C. The van der Waals surface area contributed by atoms with Crippen LogP contribution in [0.1, 0.15) is 37.4 Å². The molecule has 2 aromatic carbocycles. The first-order valence-corrected chi connectivity index (χ1v) is 12.3. The molecule has 9 nitrogen and oxygen atoms in total. The molecule has 1 aliphatic heterocycles. The Kier molecular flexibility index (Phi) is 6.93. The van der Waals surface area contributed by atoms with Crippen LogP contribution in [0.25, 0.3) is 22.8 Å². The summed E-state index contributed by atoms with van der Waals surface area (Å²) in [6, 6.07) is 11.6. The molecule has 36 heavy (non-hydrogen) atoms. The van der Waals surface area contributed by atoms with Gasteiger partial charge in [-0.05, 0) is 55.5 Å². The van der Waals surface area contributed by atoms with Crippen molar-refractivity contribution in [3.8, 4) is 34.3 Å². The standard InChI is InChI=1S/C27H31N3O6/c1-16(2)35-22-8-7-17(14-23(22)34-12-11-33-3)27-28-26(29-36-27)20-6-4-5-19-21(20)13-18-15-24(32)30(9-10-31)25(18)19/h4-8,14,16,18,25,31H,9-13,15H2,1-3H3/t18-,25+/m1/s1. The van der Waals surface area contributed by atoms with Crippen molar-refractivity contribution in [3.63, 3.8) is 0 Å². The summed E-state index contributed by atoms with van der Waals surface area (Å²) in [6.45, 7) is 5.07. The first-order chi connectivity index (χ1) is 17.5. The molecule has 3 aromatic rings. The minimum Gasteiger partial charge on any atom is -0.487 e. The van der Waals surface area contributed by atoms with Gasteiger partial charge >= 0.3 is 0 Å². The van der Waals surface area contributed by atoms with E-state index in [0.29, 0.717) is 49.4 Å². The zero-order chi connectivity index (χ0) is 25.2. The summed E-state index contributed by atoms with van der Waals surface area (Å²) in [5, 5.41) is 13.7. The topological polar surface area (TPSA) is 107 Å². The van der Waals surface area contributed by atoms with Gasteiger partial charge in [0.25, 0.3) is 5.89 Å². The number of carbonyl (C=O) groups excluding carboxylic acids is 1. The highest BCUT2D eigenvalue weighted by molar-refractivity contribution is 5.81. The van der Waals surface area contributed by atoms with Gasteiger partial charge in [-0.1, -0.05) is 23.4 Å². The molecule has 1 fully saturated rings. The lowest BCUT2D eigenvalue weighted by Gasteiger charge is -2.24. The Morgan fingerprint density at radius 1 is 1.17 bits per heavy atom. The van der Waals surface area contributed by atoms with Crippen LogP contribution in [-0.2, 0) is 16.0 Å². The van der Waals surface area contributed by atoms with Gasteiger partial charge in [0, 0.05) is 31.2 Å². The van der Waals surface area contributed by atoms with Crippen molar-refractivity contribution in [2.45, 2.75) is 38.8 Å². The van der Waals surface area contributed by atoms with E-state index in [2.05, 4.69) is 11.2 Å². The molecule has 9 heteroatoms. The largest absolute Gasteiger partial charge is 0.487 e. The Morgan fingerprint density at radius 2 is 2.03 bits per heavy atom. The Labute approximate surface area is 210 Å². The highest BCUT2D eigenvalue weighted by atomic mass is 16.5. The molecule has 0 radical (unpaired) electrons. The lowest BCUT2D eigenvalue weighted by molar-refractivity contribution is -0.129. The van der Waals surface area contributed by atoms with Gasteiger partial charge in [-0.3, -0.25) is 4.79 Å². The maximum Gasteiger partial charge on any atom is 0.258 e. The van der Waals surface area contributed by atoms with Gasteiger partial charge in [-0.25, -0.2) is 0 Å². The number of methoxy groups -OCH3 is 1. The highest BCUT2D eigenvalue weighted by Crippen LogP contribution is 2.49. The third-order valence-corrected chi connectivity index (χ3v) is 6.64. The molecule has 0 saturated carbocycles. The number of aliphatic hydroxyl groups excluding tert-OH is 1. The number of aliphatic hydroxyl groups is 1. The molecule has 1 aliphatic carbocycles. The van der Waals surface area contributed by atoms with Gasteiger partial charge in [-0.15, -0.1) is 0 Å². The van der Waals surface area contributed by atoms with Crippen molar-refractivity contribution in [2.24, 2.45) is 5.92 Å². The van der Waals surface area contributed by atoms with Crippen molar-refractivity contribution in [1.82, 2.24) is 15.0 Å². The number of hydrogen-bond donors (Lipinski definition) is 1. The van der Waals surface area contributed by atoms with E-state index in [0.717, 1.165) is 28.7 Å². The molecule has 190 valence electrons. The Balaban J connectivity index is 1.44. The van der Waals surface area contributed by atoms with Crippen molar-refractivity contribution in [1.29, 1.82) is 0 Å². The summed E-state index contributed by atoms with van der Waals surface area (Å²) < 4.78 is 22.5. The van der Waals surface area contributed by atoms with Gasteiger partial charge in [0.05, 0.1) is 25.4 Å². The minimum atomic E-state index is -0.0453. The molecule has 2 aliphatic rings. The molecular formula is C27H31N3O6. The predicted octanol–water partition coefficient (Wildman–Crippen LogP) is 3.65. The number of nitrogens with zero attached hydrogens (tertiary/aromatic N) is 3. The van der Waals surface area contributed by atoms with E-state index in [1.165, 1.54) is 0 Å².